The van der Waals surface area contributed by atoms with Crippen molar-refractivity contribution in [1.82, 2.24) is 9.97 Å². The van der Waals surface area contributed by atoms with E-state index in [9.17, 15) is 0 Å². The van der Waals surface area contributed by atoms with Gasteiger partial charge in [0, 0.05) is 44.1 Å². The van der Waals surface area contributed by atoms with Crippen LogP contribution < -0.4 is 0 Å². The quantitative estimate of drug-likeness (QED) is 0.229. The Morgan fingerprint density at radius 1 is 0.379 bits per heavy atom. The van der Waals surface area contributed by atoms with E-state index >= 15 is 0 Å². The Balaban J connectivity index is 0.000000137. The van der Waals surface area contributed by atoms with Crippen molar-refractivity contribution in [3.05, 3.63) is 109 Å². The van der Waals surface area contributed by atoms with Gasteiger partial charge < -0.3 is 0 Å². The molecule has 0 amide bonds. The van der Waals surface area contributed by atoms with Crippen LogP contribution in [0.3, 0.4) is 0 Å². The van der Waals surface area contributed by atoms with Crippen LogP contribution >= 0.6 is 0 Å². The second-order valence-electron chi connectivity index (χ2n) is 6.72. The van der Waals surface area contributed by atoms with Crippen molar-refractivity contribution < 1.29 is 0 Å². The van der Waals surface area contributed by atoms with E-state index < -0.39 is 0 Å². The molecule has 0 aliphatic heterocycles. The van der Waals surface area contributed by atoms with Crippen molar-refractivity contribution in [2.45, 2.75) is 0 Å². The standard InChI is InChI=1S/2C13H9N.Be/c2*1-2-6-12-10(4-1)7-8-11-5-3-9-14-13(11)12;/h2*1-9H;. The fourth-order valence-electron chi connectivity index (χ4n) is 3.63. The van der Waals surface area contributed by atoms with Gasteiger partial charge in [0.2, 0.25) is 0 Å². The summed E-state index contributed by atoms with van der Waals surface area (Å²) in [6.07, 6.45) is 3.68. The monoisotopic (exact) mass is 367 g/mol. The summed E-state index contributed by atoms with van der Waals surface area (Å²) < 4.78 is 0. The van der Waals surface area contributed by atoms with Crippen LogP contribution in [0.4, 0.5) is 0 Å². The molecule has 0 bridgehead atoms. The van der Waals surface area contributed by atoms with Gasteiger partial charge in [0.15, 0.2) is 0 Å². The summed E-state index contributed by atoms with van der Waals surface area (Å²) >= 11 is 0. The topological polar surface area (TPSA) is 25.8 Å². The van der Waals surface area contributed by atoms with Gasteiger partial charge in [-0.2, -0.15) is 0 Å². The van der Waals surface area contributed by atoms with Gasteiger partial charge in [-0.1, -0.05) is 84.9 Å². The maximum Gasteiger partial charge on any atom is 0.0780 e. The molecule has 2 radical (unpaired) electrons. The molecule has 0 unspecified atom stereocenters. The van der Waals surface area contributed by atoms with Gasteiger partial charge in [-0.3, -0.25) is 9.97 Å². The number of aromatic nitrogens is 2. The van der Waals surface area contributed by atoms with Gasteiger partial charge in [-0.05, 0) is 22.9 Å². The third-order valence-electron chi connectivity index (χ3n) is 4.99. The van der Waals surface area contributed by atoms with Crippen molar-refractivity contribution in [2.75, 3.05) is 0 Å². The molecular weight excluding hydrogens is 349 g/mol. The van der Waals surface area contributed by atoms with Crippen LogP contribution in [0.2, 0.25) is 0 Å². The third kappa shape index (κ3) is 3.59. The summed E-state index contributed by atoms with van der Waals surface area (Å²) in [5.74, 6) is 0. The average molecular weight is 367 g/mol. The maximum absolute atomic E-state index is 4.41. The van der Waals surface area contributed by atoms with Gasteiger partial charge in [0.1, 0.15) is 0 Å². The fourth-order valence-corrected chi connectivity index (χ4v) is 3.63. The molecule has 0 atom stereocenters. The largest absolute Gasteiger partial charge is 0.256 e. The molecule has 2 heterocycles. The summed E-state index contributed by atoms with van der Waals surface area (Å²) in [5, 5.41) is 7.35. The SMILES string of the molecule is [Be].c1ccc2c(c1)ccc1cccnc12.c1ccc2c(c1)ccc1cccnc12. The van der Waals surface area contributed by atoms with Crippen LogP contribution in [0.25, 0.3) is 43.4 Å². The molecule has 0 spiro atoms. The Morgan fingerprint density at radius 3 is 1.24 bits per heavy atom. The predicted octanol–water partition coefficient (Wildman–Crippen LogP) is 6.40. The molecule has 0 saturated carbocycles. The van der Waals surface area contributed by atoms with E-state index in [1.165, 1.54) is 32.3 Å². The zero-order chi connectivity index (χ0) is 18.8. The fraction of sp³-hybridized carbons (Fsp3) is 0. The minimum absolute atomic E-state index is 0. The number of nitrogens with zero attached hydrogens (tertiary/aromatic N) is 2. The predicted molar refractivity (Wildman–Crippen MR) is 124 cm³/mol. The molecule has 6 aromatic rings. The molecule has 134 valence electrons. The third-order valence-corrected chi connectivity index (χ3v) is 4.99. The van der Waals surface area contributed by atoms with E-state index in [0.29, 0.717) is 0 Å². The Morgan fingerprint density at radius 2 is 0.759 bits per heavy atom. The first kappa shape index (κ1) is 18.7. The van der Waals surface area contributed by atoms with Gasteiger partial charge in [-0.25, -0.2) is 0 Å². The first-order chi connectivity index (χ1) is 13.9. The maximum atomic E-state index is 4.41. The van der Waals surface area contributed by atoms with E-state index in [1.807, 2.05) is 24.5 Å². The Hall–Kier alpha value is -3.61. The van der Waals surface area contributed by atoms with Crippen molar-refractivity contribution in [2.24, 2.45) is 0 Å². The first-order valence-electron chi connectivity index (χ1n) is 9.35. The van der Waals surface area contributed by atoms with Gasteiger partial charge in [-0.15, -0.1) is 0 Å². The molecule has 3 heteroatoms. The summed E-state index contributed by atoms with van der Waals surface area (Å²) in [5.41, 5.74) is 2.18. The van der Waals surface area contributed by atoms with E-state index in [4.69, 9.17) is 0 Å². The van der Waals surface area contributed by atoms with Crippen molar-refractivity contribution in [1.29, 1.82) is 0 Å². The molecule has 0 fully saturated rings. The van der Waals surface area contributed by atoms with Crippen LogP contribution in [0.15, 0.2) is 109 Å². The van der Waals surface area contributed by atoms with E-state index in [0.717, 1.165) is 11.0 Å². The summed E-state index contributed by atoms with van der Waals surface area (Å²) in [6, 6.07) is 33.3. The minimum Gasteiger partial charge on any atom is -0.256 e. The zero-order valence-corrected chi connectivity index (χ0v) is 16.0. The molecule has 0 aliphatic rings. The Kier molecular flexibility index (Phi) is 5.28. The average Bonchev–Trinajstić information content (AvgIpc) is 2.79. The van der Waals surface area contributed by atoms with E-state index in [1.54, 1.807) is 0 Å². The molecule has 2 nitrogen and oxygen atoms in total. The van der Waals surface area contributed by atoms with Gasteiger partial charge in [0.05, 0.1) is 11.0 Å². The second kappa shape index (κ2) is 8.18. The van der Waals surface area contributed by atoms with E-state index in [2.05, 4.69) is 94.9 Å². The molecular formula is C26H18BeN2. The Labute approximate surface area is 173 Å². The van der Waals surface area contributed by atoms with Crippen molar-refractivity contribution in [3.8, 4) is 0 Å². The van der Waals surface area contributed by atoms with E-state index in [-0.39, 0.29) is 10.1 Å². The van der Waals surface area contributed by atoms with Gasteiger partial charge in [0.25, 0.3) is 0 Å². The number of rotatable bonds is 0. The number of hydrogen-bond acceptors (Lipinski definition) is 2. The van der Waals surface area contributed by atoms with Crippen LogP contribution in [-0.2, 0) is 0 Å². The van der Waals surface area contributed by atoms with Crippen LogP contribution in [0.1, 0.15) is 0 Å². The summed E-state index contributed by atoms with van der Waals surface area (Å²) in [6.45, 7) is 0. The van der Waals surface area contributed by atoms with Crippen LogP contribution in [0, 0.1) is 0 Å². The normalized spacial score (nSPS) is 10.5. The molecule has 4 aromatic carbocycles. The summed E-state index contributed by atoms with van der Waals surface area (Å²) in [4.78, 5) is 8.82. The molecule has 0 aliphatic carbocycles. The number of pyridine rings is 2. The number of benzene rings is 4. The molecule has 29 heavy (non-hydrogen) atoms. The molecule has 2 aromatic heterocycles. The number of fused-ring (bicyclic) bond motifs is 6. The summed E-state index contributed by atoms with van der Waals surface area (Å²) in [7, 11) is 0. The number of hydrogen-bond donors (Lipinski definition) is 0. The Bertz CT molecular complexity index is 1210. The second-order valence-corrected chi connectivity index (χ2v) is 6.72. The molecule has 0 N–H and O–H groups in total. The van der Waals surface area contributed by atoms with Crippen LogP contribution in [-0.4, -0.2) is 20.1 Å². The molecule has 6 rings (SSSR count). The smallest absolute Gasteiger partial charge is 0.0780 e. The molecule has 0 saturated heterocycles. The minimum atomic E-state index is 0. The van der Waals surface area contributed by atoms with Crippen molar-refractivity contribution >= 4 is 53.5 Å². The van der Waals surface area contributed by atoms with Gasteiger partial charge >= 0.3 is 0 Å². The first-order valence-corrected chi connectivity index (χ1v) is 9.35. The van der Waals surface area contributed by atoms with Crippen LogP contribution in [0.5, 0.6) is 0 Å². The van der Waals surface area contributed by atoms with Crippen molar-refractivity contribution in [3.63, 3.8) is 0 Å². The zero-order valence-electron chi connectivity index (χ0n) is 16.0.